The third-order valence-corrected chi connectivity index (χ3v) is 3.23. The third-order valence-electron chi connectivity index (χ3n) is 2.69. The van der Waals surface area contributed by atoms with E-state index in [1.165, 1.54) is 18.0 Å². The summed E-state index contributed by atoms with van der Waals surface area (Å²) in [5.74, 6) is -0.0405. The van der Waals surface area contributed by atoms with Crippen LogP contribution in [0, 0.1) is 0 Å². The topological polar surface area (TPSA) is 93.2 Å². The second-order valence-corrected chi connectivity index (χ2v) is 4.61. The van der Waals surface area contributed by atoms with Crippen LogP contribution in [0.3, 0.4) is 0 Å². The monoisotopic (exact) mass is 278 g/mol. The van der Waals surface area contributed by atoms with E-state index in [2.05, 4.69) is 15.4 Å². The van der Waals surface area contributed by atoms with E-state index in [9.17, 15) is 4.79 Å². The first-order chi connectivity index (χ1) is 9.19. The van der Waals surface area contributed by atoms with Crippen LogP contribution in [-0.2, 0) is 4.79 Å². The van der Waals surface area contributed by atoms with Gasteiger partial charge in [0.25, 0.3) is 0 Å². The highest BCUT2D eigenvalue weighted by atomic mass is 32.2. The molecular weight excluding hydrogens is 268 g/mol. The summed E-state index contributed by atoms with van der Waals surface area (Å²) in [6.45, 7) is 0. The van der Waals surface area contributed by atoms with Crippen molar-refractivity contribution < 1.29 is 14.3 Å². The van der Waals surface area contributed by atoms with Gasteiger partial charge >= 0.3 is 5.97 Å². The van der Waals surface area contributed by atoms with Crippen LogP contribution < -0.4 is 5.32 Å². The van der Waals surface area contributed by atoms with Gasteiger partial charge in [-0.3, -0.25) is 0 Å². The zero-order valence-electron chi connectivity index (χ0n) is 9.90. The van der Waals surface area contributed by atoms with Crippen molar-refractivity contribution in [2.24, 2.45) is 0 Å². The number of carboxylic acids is 1. The first-order valence-corrected chi connectivity index (χ1v) is 6.67. The molecule has 1 aliphatic rings. The molecule has 0 fully saturated rings. The van der Waals surface area contributed by atoms with Crippen molar-refractivity contribution >= 4 is 23.7 Å². The molecular formula is C11H10N4O3S. The van der Waals surface area contributed by atoms with Crippen molar-refractivity contribution in [1.82, 2.24) is 14.8 Å². The lowest BCUT2D eigenvalue weighted by molar-refractivity contribution is -0.132. The maximum Gasteiger partial charge on any atom is 0.352 e. The van der Waals surface area contributed by atoms with Crippen LogP contribution in [0.15, 0.2) is 39.7 Å². The molecule has 2 aromatic rings. The summed E-state index contributed by atoms with van der Waals surface area (Å²) in [7, 11) is 0. The SMILES string of the molecule is CSc1nc2n(n1)C(c1ccco1)C=C(C(=O)O)N2. The maximum atomic E-state index is 11.1. The first-order valence-electron chi connectivity index (χ1n) is 5.45. The van der Waals surface area contributed by atoms with Crippen LogP contribution in [0.1, 0.15) is 11.8 Å². The Balaban J connectivity index is 2.10. The van der Waals surface area contributed by atoms with Crippen LogP contribution in [0.5, 0.6) is 0 Å². The van der Waals surface area contributed by atoms with E-state index in [-0.39, 0.29) is 5.70 Å². The van der Waals surface area contributed by atoms with Crippen LogP contribution in [0.4, 0.5) is 5.95 Å². The number of aliphatic carboxylic acids is 1. The van der Waals surface area contributed by atoms with Crippen molar-refractivity contribution in [2.45, 2.75) is 11.2 Å². The van der Waals surface area contributed by atoms with E-state index in [0.717, 1.165) is 0 Å². The normalized spacial score (nSPS) is 17.5. The molecule has 0 radical (unpaired) electrons. The molecule has 0 amide bonds. The number of hydrogen-bond acceptors (Lipinski definition) is 6. The molecule has 0 saturated carbocycles. The molecule has 98 valence electrons. The van der Waals surface area contributed by atoms with Gasteiger partial charge in [0.05, 0.1) is 6.26 Å². The number of allylic oxidation sites excluding steroid dienone is 1. The Labute approximate surface area is 112 Å². The molecule has 0 spiro atoms. The predicted molar refractivity (Wildman–Crippen MR) is 68.0 cm³/mol. The van der Waals surface area contributed by atoms with E-state index in [1.54, 1.807) is 22.9 Å². The predicted octanol–water partition coefficient (Wildman–Crippen LogP) is 1.58. The van der Waals surface area contributed by atoms with E-state index in [0.29, 0.717) is 16.9 Å². The maximum absolute atomic E-state index is 11.1. The molecule has 2 aromatic heterocycles. The molecule has 19 heavy (non-hydrogen) atoms. The highest BCUT2D eigenvalue weighted by Gasteiger charge is 2.28. The van der Waals surface area contributed by atoms with Gasteiger partial charge in [0.15, 0.2) is 0 Å². The Hall–Kier alpha value is -2.22. The number of furan rings is 1. The highest BCUT2D eigenvalue weighted by molar-refractivity contribution is 7.98. The number of carboxylic acid groups (broad SMARTS) is 1. The molecule has 0 saturated heterocycles. The Morgan fingerprint density at radius 3 is 3.11 bits per heavy atom. The van der Waals surface area contributed by atoms with Crippen LogP contribution in [0.2, 0.25) is 0 Å². The zero-order chi connectivity index (χ0) is 13.4. The number of rotatable bonds is 3. The fraction of sp³-hybridized carbons (Fsp3) is 0.182. The molecule has 0 bridgehead atoms. The van der Waals surface area contributed by atoms with Gasteiger partial charge in [-0.1, -0.05) is 11.8 Å². The lowest BCUT2D eigenvalue weighted by Gasteiger charge is -2.20. The molecule has 7 nitrogen and oxygen atoms in total. The summed E-state index contributed by atoms with van der Waals surface area (Å²) in [5, 5.41) is 16.7. The van der Waals surface area contributed by atoms with E-state index in [4.69, 9.17) is 9.52 Å². The Morgan fingerprint density at radius 2 is 2.47 bits per heavy atom. The average Bonchev–Trinajstić information content (AvgIpc) is 3.05. The standard InChI is InChI=1S/C11H10N4O3S/c1-19-11-13-10-12-6(9(16)17)5-7(15(10)14-11)8-3-2-4-18-8/h2-5,7H,1H3,(H,16,17)(H,12,13,14). The van der Waals surface area contributed by atoms with Gasteiger partial charge < -0.3 is 14.8 Å². The van der Waals surface area contributed by atoms with Gasteiger partial charge in [-0.05, 0) is 24.5 Å². The zero-order valence-corrected chi connectivity index (χ0v) is 10.7. The molecule has 0 aliphatic carbocycles. The molecule has 8 heteroatoms. The van der Waals surface area contributed by atoms with Crippen LogP contribution in [-0.4, -0.2) is 32.1 Å². The molecule has 1 atom stereocenters. The fourth-order valence-corrected chi connectivity index (χ4v) is 2.19. The first kappa shape index (κ1) is 11.8. The van der Waals surface area contributed by atoms with Crippen molar-refractivity contribution in [2.75, 3.05) is 11.6 Å². The number of nitrogens with one attached hydrogen (secondary N) is 1. The molecule has 1 aliphatic heterocycles. The molecule has 3 rings (SSSR count). The van der Waals surface area contributed by atoms with Gasteiger partial charge in [0, 0.05) is 0 Å². The minimum Gasteiger partial charge on any atom is -0.477 e. The van der Waals surface area contributed by atoms with Gasteiger partial charge in [0.1, 0.15) is 17.5 Å². The largest absolute Gasteiger partial charge is 0.477 e. The lowest BCUT2D eigenvalue weighted by Crippen LogP contribution is -2.24. The number of thioether (sulfide) groups is 1. The highest BCUT2D eigenvalue weighted by Crippen LogP contribution is 2.30. The summed E-state index contributed by atoms with van der Waals surface area (Å²) in [4.78, 5) is 15.4. The minimum absolute atomic E-state index is 0.0638. The fourth-order valence-electron chi connectivity index (χ4n) is 1.85. The van der Waals surface area contributed by atoms with Gasteiger partial charge in [-0.2, -0.15) is 4.98 Å². The summed E-state index contributed by atoms with van der Waals surface area (Å²) in [6.07, 6.45) is 4.94. The van der Waals surface area contributed by atoms with Crippen LogP contribution in [0.25, 0.3) is 0 Å². The number of anilines is 1. The molecule has 0 aromatic carbocycles. The van der Waals surface area contributed by atoms with Gasteiger partial charge in [-0.15, -0.1) is 5.10 Å². The number of hydrogen-bond donors (Lipinski definition) is 2. The second kappa shape index (κ2) is 4.47. The Bertz CT molecular complexity index is 647. The quantitative estimate of drug-likeness (QED) is 0.823. The molecule has 3 heterocycles. The van der Waals surface area contributed by atoms with Crippen molar-refractivity contribution in [3.05, 3.63) is 35.9 Å². The van der Waals surface area contributed by atoms with Gasteiger partial charge in [0.2, 0.25) is 11.1 Å². The summed E-state index contributed by atoms with van der Waals surface area (Å²) >= 11 is 1.39. The number of carbonyl (C=O) groups is 1. The Kier molecular flexibility index (Phi) is 2.79. The summed E-state index contributed by atoms with van der Waals surface area (Å²) in [6, 6.07) is 3.11. The van der Waals surface area contributed by atoms with Gasteiger partial charge in [-0.25, -0.2) is 9.48 Å². The molecule has 1 unspecified atom stereocenters. The van der Waals surface area contributed by atoms with Crippen molar-refractivity contribution in [3.63, 3.8) is 0 Å². The summed E-state index contributed by atoms with van der Waals surface area (Å²) in [5.41, 5.74) is 0.0638. The summed E-state index contributed by atoms with van der Waals surface area (Å²) < 4.78 is 6.95. The smallest absolute Gasteiger partial charge is 0.352 e. The van der Waals surface area contributed by atoms with E-state index < -0.39 is 12.0 Å². The van der Waals surface area contributed by atoms with Crippen molar-refractivity contribution in [1.29, 1.82) is 0 Å². The third kappa shape index (κ3) is 1.99. The number of fused-ring (bicyclic) bond motifs is 1. The Morgan fingerprint density at radius 1 is 1.63 bits per heavy atom. The van der Waals surface area contributed by atoms with E-state index >= 15 is 0 Å². The second-order valence-electron chi connectivity index (χ2n) is 3.84. The minimum atomic E-state index is -1.04. The number of aromatic nitrogens is 3. The molecule has 2 N–H and O–H groups in total. The average molecular weight is 278 g/mol. The van der Waals surface area contributed by atoms with Crippen LogP contribution >= 0.6 is 11.8 Å². The number of nitrogens with zero attached hydrogens (tertiary/aromatic N) is 3. The van der Waals surface area contributed by atoms with Crippen molar-refractivity contribution in [3.8, 4) is 0 Å². The lowest BCUT2D eigenvalue weighted by atomic mass is 10.1. The van der Waals surface area contributed by atoms with E-state index in [1.807, 2.05) is 6.26 Å².